The second-order valence-corrected chi connectivity index (χ2v) is 0.500. The van der Waals surface area contributed by atoms with Crippen LogP contribution in [0.2, 0.25) is 0 Å². The van der Waals surface area contributed by atoms with E-state index in [1.165, 1.54) is 7.05 Å². The van der Waals surface area contributed by atoms with Gasteiger partial charge in [0.2, 0.25) is 0 Å². The van der Waals surface area contributed by atoms with Crippen LogP contribution in [0, 0.1) is 11.8 Å². The monoisotopic (exact) mass is 193 g/mol. The summed E-state index contributed by atoms with van der Waals surface area (Å²) in [6.07, 6.45) is 1.69. The molecular weight excluding hydrogens is 166 g/mol. The van der Waals surface area contributed by atoms with Crippen molar-refractivity contribution in [2.45, 2.75) is 41.5 Å². The smallest absolute Gasteiger partial charge is 0.00271 e. The molecule has 0 aromatic rings. The predicted molar refractivity (Wildman–Crippen MR) is 66.8 cm³/mol. The lowest BCUT2D eigenvalue weighted by molar-refractivity contribution is 1.48. The summed E-state index contributed by atoms with van der Waals surface area (Å²) in [6, 6.07) is 0. The van der Waals surface area contributed by atoms with Crippen LogP contribution in [-0.4, -0.2) is 13.3 Å². The fourth-order valence-electron chi connectivity index (χ4n) is 0. The van der Waals surface area contributed by atoms with Crippen LogP contribution in [0.25, 0.3) is 0 Å². The Hall–Kier alpha value is -0.130. The molecule has 0 rings (SSSR count). The molecule has 0 aromatic heterocycles. The Morgan fingerprint density at radius 3 is 0.833 bits per heavy atom. The van der Waals surface area contributed by atoms with E-state index in [1.54, 1.807) is 6.26 Å². The number of hydrogen-bond donors (Lipinski definition) is 2. The summed E-state index contributed by atoms with van der Waals surface area (Å²) >= 11 is 3.53. The van der Waals surface area contributed by atoms with Crippen LogP contribution in [0.4, 0.5) is 0 Å². The van der Waals surface area contributed by atoms with Gasteiger partial charge in [-0.05, 0) is 27.2 Å². The molecule has 0 aliphatic carbocycles. The van der Waals surface area contributed by atoms with E-state index >= 15 is 0 Å². The maximum absolute atomic E-state index is 4.50. The van der Waals surface area contributed by atoms with Crippen molar-refractivity contribution in [3.63, 3.8) is 0 Å². The molecule has 0 heterocycles. The summed E-state index contributed by atoms with van der Waals surface area (Å²) < 4.78 is 0. The zero-order chi connectivity index (χ0) is 11.4. The van der Waals surface area contributed by atoms with Gasteiger partial charge in [0.25, 0.3) is 0 Å². The molecule has 0 aliphatic heterocycles. The second kappa shape index (κ2) is 303. The van der Waals surface area contributed by atoms with Crippen molar-refractivity contribution < 1.29 is 0 Å². The minimum absolute atomic E-state index is 1.50. The third-order valence-electron chi connectivity index (χ3n) is 0.250. The number of hydrogen-bond acceptors (Lipinski definition) is 2. The molecule has 2 heteroatoms. The molecule has 0 saturated heterocycles. The van der Waals surface area contributed by atoms with Gasteiger partial charge in [-0.3, -0.25) is 0 Å². The third-order valence-corrected chi connectivity index (χ3v) is 0.250. The topological polar surface area (TPSA) is 26.0 Å². The van der Waals surface area contributed by atoms with E-state index in [-0.39, 0.29) is 0 Å². The van der Waals surface area contributed by atoms with Gasteiger partial charge in [0, 0.05) is 0 Å². The Kier molecular flexibility index (Phi) is 750. The lowest BCUT2D eigenvalue weighted by Gasteiger charge is -1.40. The minimum Gasteiger partial charge on any atom is -0.333 e. The molecule has 1 nitrogen and oxygen atoms in total. The van der Waals surface area contributed by atoms with Crippen LogP contribution in [0.5, 0.6) is 0 Å². The van der Waals surface area contributed by atoms with Crippen LogP contribution in [0.3, 0.4) is 0 Å². The van der Waals surface area contributed by atoms with E-state index in [0.29, 0.717) is 0 Å². The van der Waals surface area contributed by atoms with Crippen molar-refractivity contribution in [2.24, 2.45) is 5.73 Å². The molecule has 12 heavy (non-hydrogen) atoms. The van der Waals surface area contributed by atoms with Gasteiger partial charge >= 0.3 is 0 Å². The van der Waals surface area contributed by atoms with Gasteiger partial charge in [0.05, 0.1) is 0 Å². The normalized spacial score (nSPS) is 3.17. The van der Waals surface area contributed by atoms with E-state index in [2.05, 4.69) is 30.2 Å². The first kappa shape index (κ1) is 29.7. The lowest BCUT2D eigenvalue weighted by Crippen LogP contribution is -1.69. The summed E-state index contributed by atoms with van der Waals surface area (Å²) in [5, 5.41) is 0. The van der Waals surface area contributed by atoms with Crippen LogP contribution in [0.1, 0.15) is 41.5 Å². The van der Waals surface area contributed by atoms with Crippen molar-refractivity contribution in [3.8, 4) is 11.8 Å². The van der Waals surface area contributed by atoms with E-state index in [1.807, 2.05) is 41.5 Å². The molecule has 0 unspecified atom stereocenters. The number of thiol groups is 1. The van der Waals surface area contributed by atoms with Crippen molar-refractivity contribution in [1.82, 2.24) is 0 Å². The molecule has 0 saturated carbocycles. The minimum atomic E-state index is 1.50. The fraction of sp³-hybridized carbons (Fsp3) is 0.800. The maximum atomic E-state index is 4.50. The fourth-order valence-corrected chi connectivity index (χ4v) is 0. The first-order valence-corrected chi connectivity index (χ1v) is 5.17. The molecule has 0 bridgehead atoms. The van der Waals surface area contributed by atoms with Gasteiger partial charge in [-0.1, -0.05) is 27.7 Å². The van der Waals surface area contributed by atoms with Crippen LogP contribution in [0.15, 0.2) is 0 Å². The molecular formula is C10H27NS. The quantitative estimate of drug-likeness (QED) is 0.448. The summed E-state index contributed by atoms with van der Waals surface area (Å²) in [5.74, 6) is 5.36. The highest BCUT2D eigenvalue weighted by molar-refractivity contribution is 7.79. The molecule has 0 aliphatic rings. The van der Waals surface area contributed by atoms with Gasteiger partial charge < -0.3 is 5.73 Å². The summed E-state index contributed by atoms with van der Waals surface area (Å²) in [4.78, 5) is 0. The van der Waals surface area contributed by atoms with Crippen LogP contribution < -0.4 is 5.73 Å². The first-order valence-electron chi connectivity index (χ1n) is 4.27. The first-order chi connectivity index (χ1) is 5.91. The summed E-state index contributed by atoms with van der Waals surface area (Å²) in [6.45, 7) is 11.6. The van der Waals surface area contributed by atoms with Gasteiger partial charge in [-0.2, -0.15) is 12.6 Å². The summed E-state index contributed by atoms with van der Waals surface area (Å²) in [7, 11) is 1.50. The standard InChI is InChI=1S/C4H6.2C2H6.CH5N.CH4S/c1-3-4-2;4*1-2/h1-2H3;2*1-2H3;2H2,1H3;2H,1H3. The zero-order valence-corrected chi connectivity index (χ0v) is 10.9. The van der Waals surface area contributed by atoms with Crippen molar-refractivity contribution in [1.29, 1.82) is 0 Å². The highest BCUT2D eigenvalue weighted by Gasteiger charge is 1.26. The van der Waals surface area contributed by atoms with Crippen molar-refractivity contribution >= 4 is 12.6 Å². The van der Waals surface area contributed by atoms with Crippen LogP contribution in [-0.2, 0) is 0 Å². The predicted octanol–water partition coefficient (Wildman–Crippen LogP) is 3.20. The molecule has 0 radical (unpaired) electrons. The zero-order valence-electron chi connectivity index (χ0n) is 10.0. The molecule has 0 atom stereocenters. The largest absolute Gasteiger partial charge is 0.333 e. The Labute approximate surface area is 85.5 Å². The molecule has 2 N–H and O–H groups in total. The Morgan fingerprint density at radius 1 is 0.750 bits per heavy atom. The van der Waals surface area contributed by atoms with Gasteiger partial charge in [0.1, 0.15) is 0 Å². The molecule has 0 spiro atoms. The van der Waals surface area contributed by atoms with E-state index < -0.39 is 0 Å². The molecule has 0 fully saturated rings. The lowest BCUT2D eigenvalue weighted by atomic mass is 10.7. The highest BCUT2D eigenvalue weighted by atomic mass is 32.1. The molecule has 78 valence electrons. The second-order valence-electron chi connectivity index (χ2n) is 0.500. The van der Waals surface area contributed by atoms with Crippen molar-refractivity contribution in [2.75, 3.05) is 13.3 Å². The third kappa shape index (κ3) is 1030. The Morgan fingerprint density at radius 2 is 0.833 bits per heavy atom. The molecule has 0 aromatic carbocycles. The average molecular weight is 193 g/mol. The van der Waals surface area contributed by atoms with Gasteiger partial charge in [0.15, 0.2) is 0 Å². The van der Waals surface area contributed by atoms with Crippen molar-refractivity contribution in [3.05, 3.63) is 0 Å². The average Bonchev–Trinajstić information content (AvgIpc) is 2.29. The van der Waals surface area contributed by atoms with Gasteiger partial charge in [-0.25, -0.2) is 0 Å². The SMILES string of the molecule is CC.CC.CC#CC.CN.CS. The summed E-state index contributed by atoms with van der Waals surface area (Å²) in [5.41, 5.74) is 4.50. The van der Waals surface area contributed by atoms with E-state index in [4.69, 9.17) is 0 Å². The van der Waals surface area contributed by atoms with E-state index in [9.17, 15) is 0 Å². The molecule has 0 amide bonds. The number of nitrogens with two attached hydrogens (primary N) is 1. The highest BCUT2D eigenvalue weighted by Crippen LogP contribution is 1.39. The Balaban J connectivity index is -0.0000000181. The number of rotatable bonds is 0. The van der Waals surface area contributed by atoms with Crippen LogP contribution >= 0.6 is 12.6 Å². The maximum Gasteiger partial charge on any atom is -0.00271 e. The van der Waals surface area contributed by atoms with E-state index in [0.717, 1.165) is 0 Å². The Bertz CT molecular complexity index is 46.6. The van der Waals surface area contributed by atoms with Gasteiger partial charge in [-0.15, -0.1) is 11.8 Å².